The number of hydrogen-bond acceptors (Lipinski definition) is 4. The molecule has 1 aliphatic heterocycles. The molecule has 4 nitrogen and oxygen atoms in total. The van der Waals surface area contributed by atoms with Crippen LogP contribution >= 0.6 is 11.8 Å². The number of rotatable bonds is 3. The molecule has 1 aliphatic rings. The van der Waals surface area contributed by atoms with Gasteiger partial charge in [0.1, 0.15) is 0 Å². The number of H-pyrrole nitrogens is 1. The van der Waals surface area contributed by atoms with E-state index in [1.165, 1.54) is 11.8 Å². The molecule has 0 bridgehead atoms. The highest BCUT2D eigenvalue weighted by molar-refractivity contribution is 7.98. The summed E-state index contributed by atoms with van der Waals surface area (Å²) in [5, 5.41) is 0.453. The van der Waals surface area contributed by atoms with Gasteiger partial charge in [0.2, 0.25) is 0 Å². The van der Waals surface area contributed by atoms with E-state index in [0.29, 0.717) is 30.2 Å². The van der Waals surface area contributed by atoms with Crippen molar-refractivity contribution >= 4 is 11.8 Å². The first-order valence-electron chi connectivity index (χ1n) is 7.49. The molecule has 3 rings (SSSR count). The molecule has 0 unspecified atom stereocenters. The van der Waals surface area contributed by atoms with Crippen molar-refractivity contribution in [2.24, 2.45) is 0 Å². The Morgan fingerprint density at radius 3 is 3.00 bits per heavy atom. The Morgan fingerprint density at radius 1 is 1.45 bits per heavy atom. The summed E-state index contributed by atoms with van der Waals surface area (Å²) < 4.78 is 16.9. The van der Waals surface area contributed by atoms with Gasteiger partial charge in [-0.15, -0.1) is 0 Å². The number of nitrogens with zero attached hydrogens (tertiary/aromatic N) is 2. The zero-order chi connectivity index (χ0) is 15.7. The Morgan fingerprint density at radius 2 is 2.25 bits per heavy atom. The lowest BCUT2D eigenvalue weighted by Crippen LogP contribution is -2.35. The van der Waals surface area contributed by atoms with Gasteiger partial charge in [0.15, 0.2) is 5.16 Å². The van der Waals surface area contributed by atoms with Gasteiger partial charge in [0, 0.05) is 27.9 Å². The van der Waals surface area contributed by atoms with E-state index >= 15 is 0 Å². The maximum absolute atomic E-state index is 12.1. The second-order valence-corrected chi connectivity index (χ2v) is 5.47. The molecule has 0 aliphatic carbocycles. The van der Waals surface area contributed by atoms with Gasteiger partial charge in [-0.05, 0) is 18.2 Å². The maximum atomic E-state index is 12.1. The fourth-order valence-electron chi connectivity index (χ4n) is 2.27. The molecule has 5 heteroatoms. The number of nitrogens with one attached hydrogen (secondary N) is 1. The number of thioether (sulfide) groups is 1. The fraction of sp³-hybridized carbons (Fsp3) is 0.333. The van der Waals surface area contributed by atoms with Crippen LogP contribution in [0.4, 0.5) is 0 Å². The summed E-state index contributed by atoms with van der Waals surface area (Å²) >= 11 is 1.31. The highest BCUT2D eigenvalue weighted by Gasteiger charge is 2.20. The molecular formula is C15H17N3OS. The van der Waals surface area contributed by atoms with Crippen molar-refractivity contribution in [3.8, 4) is 0 Å². The average Bonchev–Trinajstić information content (AvgIpc) is 2.51. The summed E-state index contributed by atoms with van der Waals surface area (Å²) in [6.45, 7) is -0.753. The standard InChI is InChI=1S/C15H17N3OS/c1-20-15-16-13-10-18(8-7-12(13)14(19)17-15)9-11-5-3-2-4-6-11/h2-6H,7-10H2,1H3,(H,16,17,19)/i10D2. The number of hydrogen-bond donors (Lipinski definition) is 1. The molecule has 0 amide bonds. The highest BCUT2D eigenvalue weighted by Crippen LogP contribution is 2.18. The summed E-state index contributed by atoms with van der Waals surface area (Å²) in [6.07, 6.45) is 2.32. The van der Waals surface area contributed by atoms with Gasteiger partial charge in [-0.25, -0.2) is 4.98 Å². The van der Waals surface area contributed by atoms with Crippen LogP contribution in [0.2, 0.25) is 0 Å². The molecule has 0 atom stereocenters. The molecule has 0 saturated carbocycles. The molecule has 1 aromatic carbocycles. The van der Waals surface area contributed by atoms with Gasteiger partial charge in [-0.3, -0.25) is 9.69 Å². The normalized spacial score (nSPS) is 19.1. The molecule has 2 heterocycles. The van der Waals surface area contributed by atoms with E-state index in [1.807, 2.05) is 36.6 Å². The lowest BCUT2D eigenvalue weighted by atomic mass is 10.1. The summed E-state index contributed by atoms with van der Waals surface area (Å²) in [7, 11) is 0. The maximum Gasteiger partial charge on any atom is 0.255 e. The fourth-order valence-corrected chi connectivity index (χ4v) is 2.65. The van der Waals surface area contributed by atoms with Crippen LogP contribution in [0, 0.1) is 0 Å². The van der Waals surface area contributed by atoms with Crippen LogP contribution in [-0.4, -0.2) is 27.7 Å². The third-order valence-electron chi connectivity index (χ3n) is 3.30. The van der Waals surface area contributed by atoms with Crippen molar-refractivity contribution in [1.82, 2.24) is 14.9 Å². The number of aromatic amines is 1. The molecule has 1 aromatic heterocycles. The minimum atomic E-state index is -1.75. The van der Waals surface area contributed by atoms with Crippen LogP contribution in [0.5, 0.6) is 0 Å². The van der Waals surface area contributed by atoms with E-state index in [1.54, 1.807) is 4.90 Å². The molecule has 0 fully saturated rings. The average molecular weight is 289 g/mol. The third-order valence-corrected chi connectivity index (χ3v) is 3.88. The van der Waals surface area contributed by atoms with Crippen LogP contribution < -0.4 is 5.56 Å². The Bertz CT molecular complexity index is 733. The summed E-state index contributed by atoms with van der Waals surface area (Å²) in [4.78, 5) is 20.9. The van der Waals surface area contributed by atoms with Crippen LogP contribution in [0.15, 0.2) is 40.3 Å². The van der Waals surface area contributed by atoms with Crippen LogP contribution in [-0.2, 0) is 19.5 Å². The zero-order valence-corrected chi connectivity index (χ0v) is 12.0. The molecule has 1 N–H and O–H groups in total. The van der Waals surface area contributed by atoms with Gasteiger partial charge in [0.25, 0.3) is 5.56 Å². The molecule has 0 spiro atoms. The Labute approximate surface area is 125 Å². The monoisotopic (exact) mass is 289 g/mol. The molecular weight excluding hydrogens is 270 g/mol. The van der Waals surface area contributed by atoms with Crippen molar-refractivity contribution in [2.45, 2.75) is 24.6 Å². The molecule has 20 heavy (non-hydrogen) atoms. The third kappa shape index (κ3) is 2.78. The summed E-state index contributed by atoms with van der Waals surface area (Å²) in [5.41, 5.74) is 1.54. The van der Waals surface area contributed by atoms with Crippen LogP contribution in [0.25, 0.3) is 0 Å². The van der Waals surface area contributed by atoms with Gasteiger partial charge < -0.3 is 4.98 Å². The molecule has 0 radical (unpaired) electrons. The minimum absolute atomic E-state index is 0.224. The smallest absolute Gasteiger partial charge is 0.255 e. The van der Waals surface area contributed by atoms with Crippen molar-refractivity contribution in [3.63, 3.8) is 0 Å². The Balaban J connectivity index is 1.98. The first-order chi connectivity index (χ1) is 10.5. The predicted molar refractivity (Wildman–Crippen MR) is 80.9 cm³/mol. The van der Waals surface area contributed by atoms with E-state index in [9.17, 15) is 4.79 Å². The van der Waals surface area contributed by atoms with E-state index in [-0.39, 0.29) is 11.3 Å². The number of benzene rings is 1. The van der Waals surface area contributed by atoms with Crippen molar-refractivity contribution in [2.75, 3.05) is 12.8 Å². The molecule has 2 aromatic rings. The summed E-state index contributed by atoms with van der Waals surface area (Å²) in [6, 6.07) is 9.78. The van der Waals surface area contributed by atoms with Gasteiger partial charge in [0.05, 0.1) is 5.69 Å². The second kappa shape index (κ2) is 5.81. The molecule has 104 valence electrons. The van der Waals surface area contributed by atoms with Crippen LogP contribution in [0.3, 0.4) is 0 Å². The number of aromatic nitrogens is 2. The quantitative estimate of drug-likeness (QED) is 0.694. The van der Waals surface area contributed by atoms with Crippen LogP contribution in [0.1, 0.15) is 19.6 Å². The second-order valence-electron chi connectivity index (χ2n) is 4.67. The molecule has 0 saturated heterocycles. The zero-order valence-electron chi connectivity index (χ0n) is 13.2. The Hall–Kier alpha value is -1.59. The predicted octanol–water partition coefficient (Wildman–Crippen LogP) is 2.05. The van der Waals surface area contributed by atoms with E-state index in [2.05, 4.69) is 9.97 Å². The highest BCUT2D eigenvalue weighted by atomic mass is 32.2. The minimum Gasteiger partial charge on any atom is -0.301 e. The van der Waals surface area contributed by atoms with Crippen molar-refractivity contribution in [1.29, 1.82) is 0 Å². The largest absolute Gasteiger partial charge is 0.301 e. The first kappa shape index (κ1) is 11.1. The summed E-state index contributed by atoms with van der Waals surface area (Å²) in [5.74, 6) is 0. The number of fused-ring (bicyclic) bond motifs is 1. The van der Waals surface area contributed by atoms with Gasteiger partial charge in [-0.1, -0.05) is 42.1 Å². The van der Waals surface area contributed by atoms with E-state index in [4.69, 9.17) is 2.74 Å². The van der Waals surface area contributed by atoms with Crippen molar-refractivity contribution in [3.05, 3.63) is 57.5 Å². The first-order valence-corrected chi connectivity index (χ1v) is 7.71. The van der Waals surface area contributed by atoms with Gasteiger partial charge in [-0.2, -0.15) is 0 Å². The van der Waals surface area contributed by atoms with Gasteiger partial charge >= 0.3 is 0 Å². The Kier molecular flexibility index (Phi) is 3.23. The van der Waals surface area contributed by atoms with Crippen molar-refractivity contribution < 1.29 is 2.74 Å². The van der Waals surface area contributed by atoms with E-state index < -0.39 is 6.50 Å². The van der Waals surface area contributed by atoms with E-state index in [0.717, 1.165) is 5.56 Å². The lowest BCUT2D eigenvalue weighted by Gasteiger charge is -2.27. The topological polar surface area (TPSA) is 49.0 Å². The lowest BCUT2D eigenvalue weighted by molar-refractivity contribution is 0.239. The SMILES string of the molecule is [2H]C1([2H])c2nc(SC)[nH]c(=O)c2CCN1Cc1ccccc1.